The van der Waals surface area contributed by atoms with Crippen LogP contribution in [0.25, 0.3) is 55.2 Å². The van der Waals surface area contributed by atoms with Crippen LogP contribution in [0.15, 0.2) is 131 Å². The Morgan fingerprint density at radius 1 is 0.667 bits per heavy atom. The Bertz CT molecular complexity index is 2530. The summed E-state index contributed by atoms with van der Waals surface area (Å²) >= 11 is 0. The molecule has 2 aliphatic rings. The van der Waals surface area contributed by atoms with E-state index in [-0.39, 0.29) is 24.3 Å². The van der Waals surface area contributed by atoms with Crippen LogP contribution >= 0.6 is 0 Å². The minimum Gasteiger partial charge on any atom is -0.507 e. The summed E-state index contributed by atoms with van der Waals surface area (Å²) in [7, 11) is 0. The van der Waals surface area contributed by atoms with Gasteiger partial charge in [0, 0.05) is 58.3 Å². The maximum atomic E-state index is 13.6. The SMILES string of the molecule is O=Cc1ccccc1-c1c2ccc(=O)c(CNc3cccc4cccnc34)c-2oc2c(CNc3cccc4cccnc34)c(O)ccc12. The Morgan fingerprint density at radius 3 is 2.00 bits per heavy atom. The van der Waals surface area contributed by atoms with E-state index in [1.165, 1.54) is 6.07 Å². The molecule has 6 aromatic rings. The van der Waals surface area contributed by atoms with E-state index in [1.54, 1.807) is 36.7 Å². The van der Waals surface area contributed by atoms with Gasteiger partial charge in [-0.05, 0) is 54.1 Å². The predicted octanol–water partition coefficient (Wildman–Crippen LogP) is 8.40. The van der Waals surface area contributed by atoms with Gasteiger partial charge in [-0.15, -0.1) is 0 Å². The van der Waals surface area contributed by atoms with Gasteiger partial charge in [0.2, 0.25) is 0 Å². The molecule has 0 fully saturated rings. The Hall–Kier alpha value is -6.54. The first kappa shape index (κ1) is 28.9. The fourth-order valence-electron chi connectivity index (χ4n) is 6.42. The molecule has 0 amide bonds. The first-order valence-electron chi connectivity index (χ1n) is 15.5. The second-order valence-corrected chi connectivity index (χ2v) is 11.5. The lowest BCUT2D eigenvalue weighted by Gasteiger charge is -2.21. The number of benzene rings is 5. The average molecular weight is 629 g/mol. The monoisotopic (exact) mass is 628 g/mol. The molecular weight excluding hydrogens is 600 g/mol. The number of carbonyl (C=O) groups excluding carboxylic acids is 1. The van der Waals surface area contributed by atoms with Crippen LogP contribution < -0.4 is 16.1 Å². The fraction of sp³-hybridized carbons (Fsp3) is 0.0500. The van der Waals surface area contributed by atoms with Crippen molar-refractivity contribution >= 4 is 50.4 Å². The third-order valence-corrected chi connectivity index (χ3v) is 8.73. The Labute approximate surface area is 274 Å². The van der Waals surface area contributed by atoms with E-state index in [0.29, 0.717) is 44.5 Å². The van der Waals surface area contributed by atoms with E-state index < -0.39 is 0 Å². The van der Waals surface area contributed by atoms with Crippen LogP contribution in [-0.2, 0) is 13.1 Å². The van der Waals surface area contributed by atoms with Gasteiger partial charge in [-0.25, -0.2) is 0 Å². The Morgan fingerprint density at radius 2 is 1.31 bits per heavy atom. The molecule has 0 bridgehead atoms. The molecule has 0 saturated heterocycles. The van der Waals surface area contributed by atoms with Crippen LogP contribution in [0.1, 0.15) is 21.5 Å². The van der Waals surface area contributed by atoms with E-state index in [2.05, 4.69) is 20.6 Å². The van der Waals surface area contributed by atoms with Crippen LogP contribution in [0.3, 0.4) is 0 Å². The molecule has 8 heteroatoms. The molecule has 2 aromatic heterocycles. The lowest BCUT2D eigenvalue weighted by Crippen LogP contribution is -2.15. The number of anilines is 2. The van der Waals surface area contributed by atoms with Crippen molar-refractivity contribution in [3.05, 3.63) is 149 Å². The summed E-state index contributed by atoms with van der Waals surface area (Å²) < 4.78 is 6.70. The Kier molecular flexibility index (Phi) is 7.22. The van der Waals surface area contributed by atoms with E-state index >= 15 is 0 Å². The van der Waals surface area contributed by atoms with Crippen molar-refractivity contribution in [3.8, 4) is 28.2 Å². The minimum atomic E-state index is -0.206. The third kappa shape index (κ3) is 4.96. The van der Waals surface area contributed by atoms with Crippen LogP contribution in [0, 0.1) is 0 Å². The number of aldehydes is 1. The molecule has 1 aliphatic carbocycles. The van der Waals surface area contributed by atoms with Gasteiger partial charge in [-0.2, -0.15) is 0 Å². The number of aromatic nitrogens is 2. The molecule has 0 atom stereocenters. The third-order valence-electron chi connectivity index (χ3n) is 8.73. The average Bonchev–Trinajstić information content (AvgIpc) is 3.13. The molecule has 3 N–H and O–H groups in total. The molecule has 0 radical (unpaired) electrons. The van der Waals surface area contributed by atoms with Gasteiger partial charge in [0.15, 0.2) is 11.7 Å². The summed E-state index contributed by atoms with van der Waals surface area (Å²) in [4.78, 5) is 35.0. The highest BCUT2D eigenvalue weighted by atomic mass is 16.3. The van der Waals surface area contributed by atoms with Crippen molar-refractivity contribution in [1.29, 1.82) is 0 Å². The number of rotatable bonds is 8. The fourth-order valence-corrected chi connectivity index (χ4v) is 6.42. The molecule has 1 aliphatic heterocycles. The molecule has 0 saturated carbocycles. The van der Waals surface area contributed by atoms with E-state index in [9.17, 15) is 14.7 Å². The molecule has 8 rings (SSSR count). The number of hydrogen-bond donors (Lipinski definition) is 3. The molecular formula is C40H28N4O4. The normalized spacial score (nSPS) is 11.3. The number of nitrogens with zero attached hydrogens (tertiary/aromatic N) is 2. The number of phenolic OH excluding ortho intramolecular Hbond substituents is 1. The van der Waals surface area contributed by atoms with Crippen LogP contribution in [0.4, 0.5) is 11.4 Å². The first-order chi connectivity index (χ1) is 23.6. The summed E-state index contributed by atoms with van der Waals surface area (Å²) in [5.41, 5.74) is 6.86. The van der Waals surface area contributed by atoms with Crippen molar-refractivity contribution < 1.29 is 14.3 Å². The smallest absolute Gasteiger partial charge is 0.187 e. The van der Waals surface area contributed by atoms with Gasteiger partial charge >= 0.3 is 0 Å². The van der Waals surface area contributed by atoms with Gasteiger partial charge in [0.05, 0.1) is 33.5 Å². The van der Waals surface area contributed by atoms with Crippen molar-refractivity contribution in [2.45, 2.75) is 13.1 Å². The predicted molar refractivity (Wildman–Crippen MR) is 190 cm³/mol. The van der Waals surface area contributed by atoms with Gasteiger partial charge < -0.3 is 20.2 Å². The lowest BCUT2D eigenvalue weighted by molar-refractivity contribution is 0.112. The maximum Gasteiger partial charge on any atom is 0.187 e. The van der Waals surface area contributed by atoms with E-state index in [0.717, 1.165) is 45.0 Å². The van der Waals surface area contributed by atoms with E-state index in [4.69, 9.17) is 4.42 Å². The number of para-hydroxylation sites is 2. The lowest BCUT2D eigenvalue weighted by atomic mass is 9.88. The quantitative estimate of drug-likeness (QED) is 0.113. The van der Waals surface area contributed by atoms with Gasteiger partial charge in [0.1, 0.15) is 17.1 Å². The summed E-state index contributed by atoms with van der Waals surface area (Å²) in [5, 5.41) is 20.8. The molecule has 0 spiro atoms. The van der Waals surface area contributed by atoms with Crippen molar-refractivity contribution in [2.24, 2.45) is 0 Å². The second-order valence-electron chi connectivity index (χ2n) is 11.5. The largest absolute Gasteiger partial charge is 0.507 e. The highest BCUT2D eigenvalue weighted by Crippen LogP contribution is 2.44. The van der Waals surface area contributed by atoms with Crippen LogP contribution in [0.5, 0.6) is 5.75 Å². The Balaban J connectivity index is 1.32. The zero-order chi connectivity index (χ0) is 32.6. The zero-order valence-electron chi connectivity index (χ0n) is 25.6. The number of phenols is 1. The summed E-state index contributed by atoms with van der Waals surface area (Å²) in [6.07, 6.45) is 4.30. The zero-order valence-corrected chi connectivity index (χ0v) is 25.6. The summed E-state index contributed by atoms with van der Waals surface area (Å²) in [5.74, 6) is 0.394. The van der Waals surface area contributed by atoms with Crippen LogP contribution in [0.2, 0.25) is 0 Å². The van der Waals surface area contributed by atoms with Gasteiger partial charge in [0.25, 0.3) is 0 Å². The number of fused-ring (bicyclic) bond motifs is 4. The number of aromatic hydroxyl groups is 1. The van der Waals surface area contributed by atoms with Gasteiger partial charge in [-0.1, -0.05) is 60.7 Å². The molecule has 4 aromatic carbocycles. The number of carbonyl (C=O) groups is 1. The molecule has 8 nitrogen and oxygen atoms in total. The molecule has 3 heterocycles. The minimum absolute atomic E-state index is 0.0284. The number of hydrogen-bond acceptors (Lipinski definition) is 8. The standard InChI is InChI=1S/C40H28N4O4/c45-23-26-7-1-2-12-27(26)36-28-15-17-34(46)30(21-43-32-13-3-8-24-10-5-19-41-37(24)32)39(28)48-40-29(36)16-18-35(47)31(40)22-44-33-14-4-9-25-11-6-20-42-38(25)33/h1-20,23,43-44,46H,21-22H2. The second kappa shape index (κ2) is 12.0. The highest BCUT2D eigenvalue weighted by Gasteiger charge is 2.25. The van der Waals surface area contributed by atoms with Crippen molar-refractivity contribution in [1.82, 2.24) is 9.97 Å². The first-order valence-corrected chi connectivity index (χ1v) is 15.5. The van der Waals surface area contributed by atoms with Crippen LogP contribution in [-0.4, -0.2) is 21.4 Å². The molecule has 48 heavy (non-hydrogen) atoms. The molecule has 0 unspecified atom stereocenters. The van der Waals surface area contributed by atoms with Crippen molar-refractivity contribution in [3.63, 3.8) is 0 Å². The maximum absolute atomic E-state index is 13.6. The topological polar surface area (TPSA) is 117 Å². The highest BCUT2D eigenvalue weighted by molar-refractivity contribution is 6.07. The number of pyridine rings is 2. The number of nitrogens with one attached hydrogen (secondary N) is 2. The summed E-state index contributed by atoms with van der Waals surface area (Å²) in [6.45, 7) is 0.360. The van der Waals surface area contributed by atoms with Gasteiger partial charge in [-0.3, -0.25) is 19.6 Å². The molecule has 232 valence electrons. The van der Waals surface area contributed by atoms with Crippen molar-refractivity contribution in [2.75, 3.05) is 10.6 Å². The summed E-state index contributed by atoms with van der Waals surface area (Å²) in [6, 6.07) is 33.5. The van der Waals surface area contributed by atoms with E-state index in [1.807, 2.05) is 78.9 Å².